The van der Waals surface area contributed by atoms with Crippen LogP contribution in [0.4, 0.5) is 0 Å². The maximum Gasteiger partial charge on any atom is 0.145 e. The van der Waals surface area contributed by atoms with Gasteiger partial charge in [0.2, 0.25) is 0 Å². The van der Waals surface area contributed by atoms with Crippen LogP contribution in [0.2, 0.25) is 0 Å². The normalized spacial score (nSPS) is 17.6. The lowest BCUT2D eigenvalue weighted by molar-refractivity contribution is -0.108. The summed E-state index contributed by atoms with van der Waals surface area (Å²) >= 11 is 0. The molecule has 3 nitrogen and oxygen atoms in total. The summed E-state index contributed by atoms with van der Waals surface area (Å²) in [5.74, 6) is 1.08. The molecule has 0 N–H and O–H groups in total. The van der Waals surface area contributed by atoms with E-state index in [2.05, 4.69) is 0 Å². The van der Waals surface area contributed by atoms with Crippen molar-refractivity contribution in [1.82, 2.24) is 0 Å². The average Bonchev–Trinajstić information content (AvgIpc) is 2.24. The van der Waals surface area contributed by atoms with E-state index in [4.69, 9.17) is 9.47 Å². The van der Waals surface area contributed by atoms with E-state index in [1.54, 1.807) is 0 Å². The predicted molar refractivity (Wildman–Crippen MR) is 60.8 cm³/mol. The minimum absolute atomic E-state index is 0.171. The smallest absolute Gasteiger partial charge is 0.145 e. The van der Waals surface area contributed by atoms with E-state index < -0.39 is 0 Å². The lowest BCUT2D eigenvalue weighted by Gasteiger charge is -2.28. The van der Waals surface area contributed by atoms with E-state index in [-0.39, 0.29) is 12.0 Å². The topological polar surface area (TPSA) is 35.5 Å². The third-order valence-corrected chi connectivity index (χ3v) is 2.80. The predicted octanol–water partition coefficient (Wildman–Crippen LogP) is 2.16. The van der Waals surface area contributed by atoms with Gasteiger partial charge in [0.25, 0.3) is 0 Å². The van der Waals surface area contributed by atoms with Gasteiger partial charge in [0.15, 0.2) is 0 Å². The van der Waals surface area contributed by atoms with Gasteiger partial charge < -0.3 is 14.3 Å². The highest BCUT2D eigenvalue weighted by atomic mass is 16.6. The molecular weight excluding hydrogens is 204 g/mol. The highest BCUT2D eigenvalue weighted by Gasteiger charge is 2.22. The van der Waals surface area contributed by atoms with Crippen molar-refractivity contribution in [3.05, 3.63) is 29.8 Å². The Kier molecular flexibility index (Phi) is 3.57. The first-order valence-corrected chi connectivity index (χ1v) is 5.58. The molecule has 1 aromatic rings. The molecule has 1 atom stereocenters. The average molecular weight is 220 g/mol. The summed E-state index contributed by atoms with van der Waals surface area (Å²) in [5.41, 5.74) is 1.10. The Morgan fingerprint density at radius 3 is 2.88 bits per heavy atom. The van der Waals surface area contributed by atoms with Gasteiger partial charge in [-0.3, -0.25) is 0 Å². The van der Waals surface area contributed by atoms with Crippen molar-refractivity contribution in [3.8, 4) is 5.75 Å². The molecule has 1 unspecified atom stereocenters. The SMILES string of the molecule is CC(CC=O)c1ccccc1OC1COC1. The molecule has 1 heterocycles. The van der Waals surface area contributed by atoms with Crippen LogP contribution in [0.1, 0.15) is 24.8 Å². The van der Waals surface area contributed by atoms with Crippen LogP contribution in [0.25, 0.3) is 0 Å². The zero-order chi connectivity index (χ0) is 11.4. The van der Waals surface area contributed by atoms with Crippen molar-refractivity contribution in [3.63, 3.8) is 0 Å². The Bertz CT molecular complexity index is 358. The van der Waals surface area contributed by atoms with Gasteiger partial charge in [-0.1, -0.05) is 25.1 Å². The van der Waals surface area contributed by atoms with Gasteiger partial charge in [-0.25, -0.2) is 0 Å². The highest BCUT2D eigenvalue weighted by Crippen LogP contribution is 2.29. The van der Waals surface area contributed by atoms with Gasteiger partial charge in [0.05, 0.1) is 13.2 Å². The Hall–Kier alpha value is -1.35. The molecule has 0 amide bonds. The number of aldehydes is 1. The van der Waals surface area contributed by atoms with Crippen LogP contribution in [0.15, 0.2) is 24.3 Å². The van der Waals surface area contributed by atoms with Crippen molar-refractivity contribution in [2.45, 2.75) is 25.4 Å². The van der Waals surface area contributed by atoms with E-state index in [0.29, 0.717) is 19.6 Å². The minimum atomic E-state index is 0.171. The number of hydrogen-bond acceptors (Lipinski definition) is 3. The molecule has 1 aliphatic heterocycles. The molecule has 1 fully saturated rings. The molecule has 3 heteroatoms. The van der Waals surface area contributed by atoms with E-state index in [1.165, 1.54) is 0 Å². The van der Waals surface area contributed by atoms with Crippen molar-refractivity contribution < 1.29 is 14.3 Å². The first kappa shape index (κ1) is 11.1. The summed E-state index contributed by atoms with van der Waals surface area (Å²) in [6.07, 6.45) is 1.65. The van der Waals surface area contributed by atoms with Crippen LogP contribution >= 0.6 is 0 Å². The highest BCUT2D eigenvalue weighted by molar-refractivity contribution is 5.52. The number of hydrogen-bond donors (Lipinski definition) is 0. The Morgan fingerprint density at radius 1 is 1.50 bits per heavy atom. The third-order valence-electron chi connectivity index (χ3n) is 2.80. The quantitative estimate of drug-likeness (QED) is 0.713. The fraction of sp³-hybridized carbons (Fsp3) is 0.462. The lowest BCUT2D eigenvalue weighted by Crippen LogP contribution is -2.38. The summed E-state index contributed by atoms with van der Waals surface area (Å²) in [6, 6.07) is 7.89. The minimum Gasteiger partial charge on any atom is -0.485 e. The van der Waals surface area contributed by atoms with Crippen molar-refractivity contribution in [1.29, 1.82) is 0 Å². The number of rotatable bonds is 5. The van der Waals surface area contributed by atoms with E-state index in [0.717, 1.165) is 17.6 Å². The monoisotopic (exact) mass is 220 g/mol. The van der Waals surface area contributed by atoms with Gasteiger partial charge in [0, 0.05) is 6.42 Å². The van der Waals surface area contributed by atoms with Gasteiger partial charge in [-0.2, -0.15) is 0 Å². The number of carbonyl (C=O) groups excluding carboxylic acids is 1. The van der Waals surface area contributed by atoms with Crippen LogP contribution < -0.4 is 4.74 Å². The van der Waals surface area contributed by atoms with Crippen LogP contribution in [-0.2, 0) is 9.53 Å². The molecule has 0 radical (unpaired) electrons. The lowest BCUT2D eigenvalue weighted by atomic mass is 9.97. The van der Waals surface area contributed by atoms with Crippen LogP contribution in [0, 0.1) is 0 Å². The molecule has 0 saturated carbocycles. The van der Waals surface area contributed by atoms with E-state index in [1.807, 2.05) is 31.2 Å². The van der Waals surface area contributed by atoms with Crippen molar-refractivity contribution in [2.24, 2.45) is 0 Å². The summed E-state index contributed by atoms with van der Waals surface area (Å²) in [6.45, 7) is 3.36. The fourth-order valence-electron chi connectivity index (χ4n) is 1.73. The standard InChI is InChI=1S/C13H16O3/c1-10(6-7-14)12-4-2-3-5-13(12)16-11-8-15-9-11/h2-5,7,10-11H,6,8-9H2,1H3. The molecular formula is C13H16O3. The zero-order valence-corrected chi connectivity index (χ0v) is 9.39. The molecule has 0 bridgehead atoms. The Labute approximate surface area is 95.4 Å². The van der Waals surface area contributed by atoms with Crippen LogP contribution in [0.3, 0.4) is 0 Å². The van der Waals surface area contributed by atoms with Gasteiger partial charge >= 0.3 is 0 Å². The zero-order valence-electron chi connectivity index (χ0n) is 9.39. The van der Waals surface area contributed by atoms with Crippen molar-refractivity contribution in [2.75, 3.05) is 13.2 Å². The molecule has 0 aromatic heterocycles. The molecule has 1 saturated heterocycles. The maximum atomic E-state index is 10.5. The molecule has 1 aromatic carbocycles. The second kappa shape index (κ2) is 5.12. The van der Waals surface area contributed by atoms with Gasteiger partial charge in [0.1, 0.15) is 18.1 Å². The van der Waals surface area contributed by atoms with Crippen LogP contribution in [-0.4, -0.2) is 25.6 Å². The van der Waals surface area contributed by atoms with E-state index >= 15 is 0 Å². The fourth-order valence-corrected chi connectivity index (χ4v) is 1.73. The molecule has 16 heavy (non-hydrogen) atoms. The second-order valence-electron chi connectivity index (χ2n) is 4.12. The maximum absolute atomic E-state index is 10.5. The largest absolute Gasteiger partial charge is 0.485 e. The molecule has 1 aliphatic rings. The summed E-state index contributed by atoms with van der Waals surface area (Å²) in [5, 5.41) is 0. The van der Waals surface area contributed by atoms with Gasteiger partial charge in [-0.05, 0) is 17.5 Å². The number of para-hydroxylation sites is 1. The summed E-state index contributed by atoms with van der Waals surface area (Å²) < 4.78 is 10.9. The molecule has 86 valence electrons. The Morgan fingerprint density at radius 2 is 2.25 bits per heavy atom. The summed E-state index contributed by atoms with van der Waals surface area (Å²) in [4.78, 5) is 10.5. The first-order valence-electron chi connectivity index (χ1n) is 5.58. The van der Waals surface area contributed by atoms with Crippen LogP contribution in [0.5, 0.6) is 5.75 Å². The first-order chi connectivity index (χ1) is 7.81. The van der Waals surface area contributed by atoms with Gasteiger partial charge in [-0.15, -0.1) is 0 Å². The molecule has 0 aliphatic carbocycles. The summed E-state index contributed by atoms with van der Waals surface area (Å²) in [7, 11) is 0. The Balaban J connectivity index is 2.11. The number of carbonyl (C=O) groups is 1. The third kappa shape index (κ3) is 2.42. The molecule has 0 spiro atoms. The number of benzene rings is 1. The van der Waals surface area contributed by atoms with E-state index in [9.17, 15) is 4.79 Å². The van der Waals surface area contributed by atoms with Crippen molar-refractivity contribution >= 4 is 6.29 Å². The number of ether oxygens (including phenoxy) is 2. The molecule has 2 rings (SSSR count). The second-order valence-corrected chi connectivity index (χ2v) is 4.12.